The summed E-state index contributed by atoms with van der Waals surface area (Å²) < 4.78 is 0. The number of aryl methyl sites for hydroxylation is 1. The van der Waals surface area contributed by atoms with Crippen molar-refractivity contribution in [3.63, 3.8) is 0 Å². The maximum Gasteiger partial charge on any atom is 0.178 e. The van der Waals surface area contributed by atoms with Crippen molar-refractivity contribution in [3.8, 4) is 0 Å². The Balaban J connectivity index is 1.95. The lowest BCUT2D eigenvalue weighted by Gasteiger charge is -2.08. The summed E-state index contributed by atoms with van der Waals surface area (Å²) in [6, 6.07) is 15.4. The fraction of sp³-hybridized carbons (Fsp3) is 0.200. The molecule has 0 fully saturated rings. The summed E-state index contributed by atoms with van der Waals surface area (Å²) in [5.74, 6) is 0. The van der Waals surface area contributed by atoms with E-state index in [0.717, 1.165) is 11.3 Å². The normalized spacial score (nSPS) is 10.7. The quantitative estimate of drug-likeness (QED) is 0.723. The maximum absolute atomic E-state index is 8.99. The van der Waals surface area contributed by atoms with Crippen molar-refractivity contribution in [2.75, 3.05) is 5.32 Å². The Morgan fingerprint density at radius 3 is 2.11 bits per heavy atom. The number of anilines is 1. The fourth-order valence-electron chi connectivity index (χ4n) is 1.68. The van der Waals surface area contributed by atoms with Gasteiger partial charge in [-0.2, -0.15) is 0 Å². The molecule has 3 nitrogen and oxygen atoms in total. The third-order valence-corrected chi connectivity index (χ3v) is 2.83. The maximum atomic E-state index is 8.99. The molecule has 0 saturated heterocycles. The van der Waals surface area contributed by atoms with Gasteiger partial charge in [-0.1, -0.05) is 42.0 Å². The average Bonchev–Trinajstić information content (AvgIpc) is 2.38. The summed E-state index contributed by atoms with van der Waals surface area (Å²) in [7, 11) is 0. The van der Waals surface area contributed by atoms with Crippen LogP contribution in [0.4, 0.5) is 5.69 Å². The van der Waals surface area contributed by atoms with E-state index in [9.17, 15) is 0 Å². The fourth-order valence-corrected chi connectivity index (χ4v) is 1.68. The lowest BCUT2D eigenvalue weighted by molar-refractivity contribution is -0.0424. The Labute approximate surface area is 107 Å². The monoisotopic (exact) mass is 243 g/mol. The Morgan fingerprint density at radius 1 is 0.944 bits per heavy atom. The first-order valence-electron chi connectivity index (χ1n) is 5.90. The minimum Gasteiger partial charge on any atom is -0.381 e. The van der Waals surface area contributed by atoms with E-state index in [2.05, 4.69) is 24.4 Å². The van der Waals surface area contributed by atoms with Gasteiger partial charge in [-0.25, -0.2) is 0 Å². The van der Waals surface area contributed by atoms with E-state index in [4.69, 9.17) is 10.2 Å². The molecule has 0 aliphatic rings. The van der Waals surface area contributed by atoms with Gasteiger partial charge < -0.3 is 15.5 Å². The van der Waals surface area contributed by atoms with Crippen molar-refractivity contribution < 1.29 is 10.2 Å². The van der Waals surface area contributed by atoms with Crippen LogP contribution in [0.25, 0.3) is 0 Å². The van der Waals surface area contributed by atoms with Crippen molar-refractivity contribution in [2.45, 2.75) is 19.8 Å². The average molecular weight is 243 g/mol. The largest absolute Gasteiger partial charge is 0.381 e. The highest BCUT2D eigenvalue weighted by Gasteiger charge is 2.01. The molecule has 2 rings (SSSR count). The highest BCUT2D eigenvalue weighted by molar-refractivity contribution is 5.45. The third-order valence-electron chi connectivity index (χ3n) is 2.83. The zero-order valence-electron chi connectivity index (χ0n) is 10.3. The molecule has 0 aliphatic carbocycles. The van der Waals surface area contributed by atoms with E-state index in [1.165, 1.54) is 5.56 Å². The molecule has 94 valence electrons. The molecule has 3 N–H and O–H groups in total. The highest BCUT2D eigenvalue weighted by atomic mass is 16.5. The van der Waals surface area contributed by atoms with Crippen LogP contribution in [-0.4, -0.2) is 10.2 Å². The second-order valence-corrected chi connectivity index (χ2v) is 4.33. The minimum atomic E-state index is -1.40. The predicted octanol–water partition coefficient (Wildman–Crippen LogP) is 2.59. The third kappa shape index (κ3) is 3.32. The van der Waals surface area contributed by atoms with Gasteiger partial charge in [-0.15, -0.1) is 0 Å². The second-order valence-electron chi connectivity index (χ2n) is 4.33. The van der Waals surface area contributed by atoms with Crippen LogP contribution in [0, 0.1) is 6.92 Å². The minimum absolute atomic E-state index is 0.508. The van der Waals surface area contributed by atoms with Crippen molar-refractivity contribution in [3.05, 3.63) is 65.2 Å². The number of hydrogen-bond acceptors (Lipinski definition) is 3. The van der Waals surface area contributed by atoms with E-state index in [1.54, 1.807) is 12.1 Å². The number of aliphatic hydroxyl groups is 2. The van der Waals surface area contributed by atoms with E-state index >= 15 is 0 Å². The van der Waals surface area contributed by atoms with Gasteiger partial charge in [0, 0.05) is 17.8 Å². The smallest absolute Gasteiger partial charge is 0.178 e. The molecule has 0 amide bonds. The van der Waals surface area contributed by atoms with Gasteiger partial charge in [0.2, 0.25) is 0 Å². The molecule has 0 bridgehead atoms. The molecule has 0 aromatic heterocycles. The highest BCUT2D eigenvalue weighted by Crippen LogP contribution is 2.13. The molecule has 0 saturated carbocycles. The van der Waals surface area contributed by atoms with Gasteiger partial charge in [0.25, 0.3) is 0 Å². The number of hydrogen-bond donors (Lipinski definition) is 3. The van der Waals surface area contributed by atoms with E-state index < -0.39 is 6.29 Å². The second kappa shape index (κ2) is 5.67. The van der Waals surface area contributed by atoms with Crippen LogP contribution in [0.3, 0.4) is 0 Å². The number of benzene rings is 2. The van der Waals surface area contributed by atoms with E-state index in [0.29, 0.717) is 12.1 Å². The summed E-state index contributed by atoms with van der Waals surface area (Å²) in [5.41, 5.74) is 3.92. The molecule has 0 unspecified atom stereocenters. The first-order chi connectivity index (χ1) is 8.65. The van der Waals surface area contributed by atoms with Crippen molar-refractivity contribution in [1.82, 2.24) is 0 Å². The molecule has 0 radical (unpaired) electrons. The SMILES string of the molecule is Cc1ccc(NCc2ccc(C(O)O)cc2)cc1. The van der Waals surface area contributed by atoms with Crippen LogP contribution in [0.5, 0.6) is 0 Å². The Hall–Kier alpha value is -1.84. The topological polar surface area (TPSA) is 52.5 Å². The van der Waals surface area contributed by atoms with Crippen LogP contribution < -0.4 is 5.32 Å². The Morgan fingerprint density at radius 2 is 1.56 bits per heavy atom. The zero-order valence-corrected chi connectivity index (χ0v) is 10.3. The number of nitrogens with one attached hydrogen (secondary N) is 1. The molecule has 2 aromatic rings. The summed E-state index contributed by atoms with van der Waals surface area (Å²) in [6.07, 6.45) is -1.40. The molecule has 3 heteroatoms. The first-order valence-corrected chi connectivity index (χ1v) is 5.90. The zero-order chi connectivity index (χ0) is 13.0. The molecule has 0 heterocycles. The lowest BCUT2D eigenvalue weighted by Crippen LogP contribution is -2.00. The van der Waals surface area contributed by atoms with Gasteiger partial charge in [0.1, 0.15) is 0 Å². The van der Waals surface area contributed by atoms with Gasteiger partial charge >= 0.3 is 0 Å². The van der Waals surface area contributed by atoms with Crippen molar-refractivity contribution >= 4 is 5.69 Å². The van der Waals surface area contributed by atoms with Crippen LogP contribution in [0.1, 0.15) is 23.0 Å². The molecule has 2 aromatic carbocycles. The molecular weight excluding hydrogens is 226 g/mol. The van der Waals surface area contributed by atoms with Crippen LogP contribution in [-0.2, 0) is 6.54 Å². The standard InChI is InChI=1S/C15H17NO2/c1-11-2-8-14(9-3-11)16-10-12-4-6-13(7-5-12)15(17)18/h2-9,15-18H,10H2,1H3. The lowest BCUT2D eigenvalue weighted by atomic mass is 10.1. The Kier molecular flexibility index (Phi) is 3.97. The van der Waals surface area contributed by atoms with Crippen LogP contribution >= 0.6 is 0 Å². The first kappa shape index (κ1) is 12.6. The summed E-state index contributed by atoms with van der Waals surface area (Å²) in [5, 5.41) is 21.3. The van der Waals surface area contributed by atoms with Crippen LogP contribution in [0.2, 0.25) is 0 Å². The predicted molar refractivity (Wildman–Crippen MR) is 72.1 cm³/mol. The molecule has 18 heavy (non-hydrogen) atoms. The van der Waals surface area contributed by atoms with Crippen LogP contribution in [0.15, 0.2) is 48.5 Å². The van der Waals surface area contributed by atoms with Gasteiger partial charge in [0.05, 0.1) is 0 Å². The summed E-state index contributed by atoms with van der Waals surface area (Å²) in [6.45, 7) is 2.77. The Bertz CT molecular complexity index is 489. The van der Waals surface area contributed by atoms with Gasteiger partial charge in [-0.05, 0) is 24.6 Å². The summed E-state index contributed by atoms with van der Waals surface area (Å²) >= 11 is 0. The summed E-state index contributed by atoms with van der Waals surface area (Å²) in [4.78, 5) is 0. The van der Waals surface area contributed by atoms with Gasteiger partial charge in [-0.3, -0.25) is 0 Å². The van der Waals surface area contributed by atoms with Crippen molar-refractivity contribution in [1.29, 1.82) is 0 Å². The number of rotatable bonds is 4. The molecule has 0 aliphatic heterocycles. The van der Waals surface area contributed by atoms with Gasteiger partial charge in [0.15, 0.2) is 6.29 Å². The van der Waals surface area contributed by atoms with E-state index in [-0.39, 0.29) is 0 Å². The molecular formula is C15H17NO2. The van der Waals surface area contributed by atoms with E-state index in [1.807, 2.05) is 24.3 Å². The number of aliphatic hydroxyl groups excluding tert-OH is 1. The van der Waals surface area contributed by atoms with Crippen molar-refractivity contribution in [2.24, 2.45) is 0 Å². The molecule has 0 atom stereocenters. The molecule has 0 spiro atoms.